The van der Waals surface area contributed by atoms with E-state index in [0.717, 1.165) is 28.8 Å². The fraction of sp³-hybridized carbons (Fsp3) is 0.250. The summed E-state index contributed by atoms with van der Waals surface area (Å²) in [5.74, 6) is -1.84. The molecule has 2 aromatic rings. The highest BCUT2D eigenvalue weighted by Gasteiger charge is 2.40. The van der Waals surface area contributed by atoms with Crippen molar-refractivity contribution in [2.75, 3.05) is 25.0 Å². The number of hydrogen-bond acceptors (Lipinski definition) is 5. The van der Waals surface area contributed by atoms with E-state index in [0.29, 0.717) is 11.3 Å². The van der Waals surface area contributed by atoms with Gasteiger partial charge >= 0.3 is 6.18 Å². The first-order chi connectivity index (χ1) is 16.6. The Hall–Kier alpha value is -3.60. The first-order valence-electron chi connectivity index (χ1n) is 10.7. The molecule has 2 aliphatic rings. The van der Waals surface area contributed by atoms with Crippen LogP contribution in [0.15, 0.2) is 65.1 Å². The highest BCUT2D eigenvalue weighted by Crippen LogP contribution is 2.37. The van der Waals surface area contributed by atoms with Crippen molar-refractivity contribution in [1.29, 1.82) is 0 Å². The van der Waals surface area contributed by atoms with Crippen molar-refractivity contribution >= 4 is 40.4 Å². The predicted molar refractivity (Wildman–Crippen MR) is 123 cm³/mol. The zero-order valence-corrected chi connectivity index (χ0v) is 19.1. The van der Waals surface area contributed by atoms with Crippen LogP contribution in [0.25, 0.3) is 0 Å². The average molecular weight is 504 g/mol. The molecule has 0 spiro atoms. The van der Waals surface area contributed by atoms with Gasteiger partial charge in [0.15, 0.2) is 0 Å². The Bertz CT molecular complexity index is 1200. The van der Waals surface area contributed by atoms with Gasteiger partial charge in [-0.3, -0.25) is 24.1 Å². The number of hydrogen-bond donors (Lipinski definition) is 1. The van der Waals surface area contributed by atoms with Crippen LogP contribution in [-0.4, -0.2) is 52.4 Å². The maximum Gasteiger partial charge on any atom is 0.417 e. The van der Waals surface area contributed by atoms with Gasteiger partial charge in [0, 0.05) is 18.8 Å². The molecule has 2 heterocycles. The normalized spacial score (nSPS) is 16.7. The second kappa shape index (κ2) is 9.95. The molecule has 11 heteroatoms. The number of nitrogens with zero attached hydrogens (tertiary/aromatic N) is 2. The molecule has 2 saturated heterocycles. The summed E-state index contributed by atoms with van der Waals surface area (Å²) in [6, 6.07) is 13.2. The molecule has 0 bridgehead atoms. The fourth-order valence-electron chi connectivity index (χ4n) is 3.91. The van der Waals surface area contributed by atoms with Crippen molar-refractivity contribution in [3.63, 3.8) is 0 Å². The Kier molecular flexibility index (Phi) is 6.97. The SMILES string of the molecule is O=C(CN1C(=O)SC(=C2CCN(C(=O)c3ccccc3C(F)(F)F)CC2)C1=O)Nc1ccccc1. The van der Waals surface area contributed by atoms with Gasteiger partial charge in [0.05, 0.1) is 16.0 Å². The molecule has 2 aliphatic heterocycles. The summed E-state index contributed by atoms with van der Waals surface area (Å²) in [6.45, 7) is -0.212. The third-order valence-corrected chi connectivity index (χ3v) is 6.71. The lowest BCUT2D eigenvalue weighted by Crippen LogP contribution is -2.38. The molecule has 0 atom stereocenters. The number of rotatable bonds is 4. The van der Waals surface area contributed by atoms with Crippen LogP contribution in [0.2, 0.25) is 0 Å². The molecule has 0 aliphatic carbocycles. The predicted octanol–water partition coefficient (Wildman–Crippen LogP) is 4.53. The van der Waals surface area contributed by atoms with Crippen molar-refractivity contribution in [3.8, 4) is 0 Å². The van der Waals surface area contributed by atoms with Crippen LogP contribution in [0.3, 0.4) is 0 Å². The zero-order chi connectivity index (χ0) is 25.2. The van der Waals surface area contributed by atoms with E-state index < -0.39 is 46.8 Å². The van der Waals surface area contributed by atoms with E-state index >= 15 is 0 Å². The van der Waals surface area contributed by atoms with Gasteiger partial charge in [0.1, 0.15) is 6.54 Å². The van der Waals surface area contributed by atoms with Gasteiger partial charge in [0.2, 0.25) is 5.91 Å². The van der Waals surface area contributed by atoms with E-state index in [-0.39, 0.29) is 30.8 Å². The minimum Gasteiger partial charge on any atom is -0.338 e. The lowest BCUT2D eigenvalue weighted by atomic mass is 10.0. The molecule has 0 saturated carbocycles. The Morgan fingerprint density at radius 2 is 1.57 bits per heavy atom. The van der Waals surface area contributed by atoms with E-state index in [1.54, 1.807) is 30.3 Å². The number of para-hydroxylation sites is 1. The highest BCUT2D eigenvalue weighted by atomic mass is 32.2. The minimum absolute atomic E-state index is 0.111. The van der Waals surface area contributed by atoms with Crippen LogP contribution in [0.1, 0.15) is 28.8 Å². The van der Waals surface area contributed by atoms with Crippen LogP contribution >= 0.6 is 11.8 Å². The third-order valence-electron chi connectivity index (χ3n) is 5.65. The second-order valence-electron chi connectivity index (χ2n) is 7.94. The molecule has 7 nitrogen and oxygen atoms in total. The summed E-state index contributed by atoms with van der Waals surface area (Å²) in [5.41, 5.74) is -0.238. The largest absolute Gasteiger partial charge is 0.417 e. The molecule has 0 radical (unpaired) electrons. The molecule has 35 heavy (non-hydrogen) atoms. The number of amides is 4. The highest BCUT2D eigenvalue weighted by molar-refractivity contribution is 8.18. The Morgan fingerprint density at radius 3 is 2.23 bits per heavy atom. The Morgan fingerprint density at radius 1 is 0.943 bits per heavy atom. The summed E-state index contributed by atoms with van der Waals surface area (Å²) in [5, 5.41) is 2.05. The number of carbonyl (C=O) groups is 4. The van der Waals surface area contributed by atoms with E-state index in [1.807, 2.05) is 0 Å². The third kappa shape index (κ3) is 5.40. The van der Waals surface area contributed by atoms with Gasteiger partial charge in [-0.2, -0.15) is 13.2 Å². The number of nitrogens with one attached hydrogen (secondary N) is 1. The van der Waals surface area contributed by atoms with Crippen LogP contribution in [0, 0.1) is 0 Å². The van der Waals surface area contributed by atoms with Crippen molar-refractivity contribution in [3.05, 3.63) is 76.2 Å². The maximum atomic E-state index is 13.3. The van der Waals surface area contributed by atoms with Gasteiger partial charge in [0.25, 0.3) is 17.1 Å². The lowest BCUT2D eigenvalue weighted by Gasteiger charge is -2.29. The average Bonchev–Trinajstić information content (AvgIpc) is 3.12. The number of carbonyl (C=O) groups excluding carboxylic acids is 4. The fourth-order valence-corrected chi connectivity index (χ4v) is 4.89. The summed E-state index contributed by atoms with van der Waals surface area (Å²) >= 11 is 0.733. The maximum absolute atomic E-state index is 13.3. The number of piperidine rings is 1. The van der Waals surface area contributed by atoms with Gasteiger partial charge in [-0.25, -0.2) is 0 Å². The molecule has 4 amide bonds. The molecule has 182 valence electrons. The topological polar surface area (TPSA) is 86.8 Å². The van der Waals surface area contributed by atoms with Crippen LogP contribution in [0.5, 0.6) is 0 Å². The molecule has 2 aromatic carbocycles. The molecular formula is C24H20F3N3O4S. The van der Waals surface area contributed by atoms with Crippen LogP contribution < -0.4 is 5.32 Å². The Balaban J connectivity index is 1.41. The summed E-state index contributed by atoms with van der Waals surface area (Å²) in [4.78, 5) is 52.7. The zero-order valence-electron chi connectivity index (χ0n) is 18.3. The van der Waals surface area contributed by atoms with E-state index in [4.69, 9.17) is 0 Å². The quantitative estimate of drug-likeness (QED) is 0.620. The van der Waals surface area contributed by atoms with E-state index in [2.05, 4.69) is 5.32 Å². The number of anilines is 1. The number of alkyl halides is 3. The molecular weight excluding hydrogens is 483 g/mol. The van der Waals surface area contributed by atoms with Crippen molar-refractivity contribution in [2.45, 2.75) is 19.0 Å². The van der Waals surface area contributed by atoms with Crippen LogP contribution in [0.4, 0.5) is 23.7 Å². The monoisotopic (exact) mass is 503 g/mol. The standard InChI is InChI=1S/C24H20F3N3O4S/c25-24(26,27)18-9-5-4-8-17(18)21(32)29-12-10-15(11-13-29)20-22(33)30(23(34)35-20)14-19(31)28-16-6-2-1-3-7-16/h1-9H,10-14H2,(H,28,31). The van der Waals surface area contributed by atoms with Crippen molar-refractivity contribution in [1.82, 2.24) is 9.80 Å². The summed E-state index contributed by atoms with van der Waals surface area (Å²) in [6.07, 6.45) is -4.17. The molecule has 1 N–H and O–H groups in total. The van der Waals surface area contributed by atoms with Gasteiger partial charge in [-0.05, 0) is 54.4 Å². The number of imide groups is 1. The van der Waals surface area contributed by atoms with E-state index in [9.17, 15) is 32.3 Å². The molecule has 2 fully saturated rings. The second-order valence-corrected chi connectivity index (χ2v) is 8.90. The van der Waals surface area contributed by atoms with Gasteiger partial charge < -0.3 is 10.2 Å². The summed E-state index contributed by atoms with van der Waals surface area (Å²) < 4.78 is 39.9. The molecule has 4 rings (SSSR count). The number of likely N-dealkylation sites (tertiary alicyclic amines) is 1. The van der Waals surface area contributed by atoms with Crippen molar-refractivity contribution < 1.29 is 32.3 Å². The minimum atomic E-state index is -4.65. The van der Waals surface area contributed by atoms with E-state index in [1.165, 1.54) is 17.0 Å². The smallest absolute Gasteiger partial charge is 0.338 e. The first-order valence-corrected chi connectivity index (χ1v) is 11.5. The number of benzene rings is 2. The molecule has 0 aromatic heterocycles. The lowest BCUT2D eigenvalue weighted by molar-refractivity contribution is -0.138. The number of halogens is 3. The first kappa shape index (κ1) is 24.5. The van der Waals surface area contributed by atoms with Crippen molar-refractivity contribution in [2.24, 2.45) is 0 Å². The Labute approximate surface area is 203 Å². The summed E-state index contributed by atoms with van der Waals surface area (Å²) in [7, 11) is 0. The van der Waals surface area contributed by atoms with Crippen LogP contribution in [-0.2, 0) is 15.8 Å². The van der Waals surface area contributed by atoms with Gasteiger partial charge in [-0.15, -0.1) is 0 Å². The number of thioether (sulfide) groups is 1. The molecule has 0 unspecified atom stereocenters. The van der Waals surface area contributed by atoms with Gasteiger partial charge in [-0.1, -0.05) is 30.3 Å².